The number of aryl methyl sites for hydroxylation is 1. The van der Waals surface area contributed by atoms with E-state index in [1.165, 1.54) is 24.8 Å². The van der Waals surface area contributed by atoms with Gasteiger partial charge in [-0.25, -0.2) is 0 Å². The molecule has 0 heterocycles. The van der Waals surface area contributed by atoms with Gasteiger partial charge in [0.1, 0.15) is 0 Å². The highest BCUT2D eigenvalue weighted by Gasteiger charge is 2.27. The first kappa shape index (κ1) is 9.14. The van der Waals surface area contributed by atoms with Crippen LogP contribution in [0.3, 0.4) is 0 Å². The Hall–Kier alpha value is -0.430. The third-order valence-electron chi connectivity index (χ3n) is 3.12. The van der Waals surface area contributed by atoms with E-state index in [-0.39, 0.29) is 0 Å². The van der Waals surface area contributed by atoms with Crippen molar-refractivity contribution < 1.29 is 0 Å². The third-order valence-corrected chi connectivity index (χ3v) is 3.88. The second-order valence-electron chi connectivity index (χ2n) is 4.41. The van der Waals surface area contributed by atoms with Crippen molar-refractivity contribution in [1.82, 2.24) is 0 Å². The summed E-state index contributed by atoms with van der Waals surface area (Å²) in [5.41, 5.74) is 3.50. The highest BCUT2D eigenvalue weighted by molar-refractivity contribution is 7.80. The third kappa shape index (κ3) is 1.76. The smallest absolute Gasteiger partial charge is 0.00405 e. The van der Waals surface area contributed by atoms with Gasteiger partial charge in [-0.05, 0) is 41.6 Å². The summed E-state index contributed by atoms with van der Waals surface area (Å²) in [5.74, 6) is 1.00. The first-order chi connectivity index (χ1) is 6.23. The first-order valence-electron chi connectivity index (χ1n) is 4.91. The van der Waals surface area contributed by atoms with E-state index in [1.807, 2.05) is 0 Å². The summed E-state index contributed by atoms with van der Waals surface area (Å²) in [4.78, 5) is 0. The molecule has 0 aromatic heterocycles. The molecule has 0 aliphatic heterocycles. The molecule has 0 nitrogen and oxygen atoms in total. The van der Waals surface area contributed by atoms with E-state index >= 15 is 0 Å². The van der Waals surface area contributed by atoms with Gasteiger partial charge in [0.05, 0.1) is 0 Å². The lowest BCUT2D eigenvalue weighted by atomic mass is 9.74. The van der Waals surface area contributed by atoms with E-state index in [9.17, 15) is 0 Å². The van der Waals surface area contributed by atoms with Crippen molar-refractivity contribution >= 4 is 12.6 Å². The molecule has 0 spiro atoms. The maximum absolute atomic E-state index is 4.44. The molecule has 0 saturated carbocycles. The van der Waals surface area contributed by atoms with Gasteiger partial charge < -0.3 is 0 Å². The molecule has 0 saturated heterocycles. The van der Waals surface area contributed by atoms with Gasteiger partial charge in [-0.3, -0.25) is 0 Å². The van der Waals surface area contributed by atoms with E-state index in [2.05, 4.69) is 43.8 Å². The van der Waals surface area contributed by atoms with Crippen LogP contribution in [0.5, 0.6) is 0 Å². The van der Waals surface area contributed by atoms with Gasteiger partial charge in [-0.2, -0.15) is 12.6 Å². The van der Waals surface area contributed by atoms with Gasteiger partial charge >= 0.3 is 0 Å². The van der Waals surface area contributed by atoms with Crippen LogP contribution in [-0.4, -0.2) is 5.75 Å². The fourth-order valence-corrected chi connectivity index (χ4v) is 2.36. The molecule has 2 rings (SSSR count). The van der Waals surface area contributed by atoms with Crippen molar-refractivity contribution in [2.75, 3.05) is 5.75 Å². The highest BCUT2D eigenvalue weighted by atomic mass is 32.1. The summed E-state index contributed by atoms with van der Waals surface area (Å²) in [6, 6.07) is 8.80. The molecule has 1 aromatic rings. The normalized spacial score (nSPS) is 26.9. The van der Waals surface area contributed by atoms with Crippen molar-refractivity contribution in [1.29, 1.82) is 0 Å². The fourth-order valence-electron chi connectivity index (χ4n) is 2.09. The molecule has 1 aromatic carbocycles. The standard InChI is InChI=1S/C12H16S/c1-12(9-13)7-6-10-4-2-3-5-11(10)8-12/h2-5,13H,6-9H2,1H3. The average Bonchev–Trinajstić information content (AvgIpc) is 2.18. The number of hydrogen-bond donors (Lipinski definition) is 1. The molecule has 1 aliphatic rings. The Morgan fingerprint density at radius 2 is 2.00 bits per heavy atom. The monoisotopic (exact) mass is 192 g/mol. The quantitative estimate of drug-likeness (QED) is 0.649. The zero-order valence-electron chi connectivity index (χ0n) is 8.09. The van der Waals surface area contributed by atoms with Crippen molar-refractivity contribution in [3.8, 4) is 0 Å². The maximum Gasteiger partial charge on any atom is -0.00405 e. The molecule has 1 aliphatic carbocycles. The largest absolute Gasteiger partial charge is 0.179 e. The number of thiol groups is 1. The predicted octanol–water partition coefficient (Wildman–Crippen LogP) is 3.11. The van der Waals surface area contributed by atoms with Crippen LogP contribution in [0.25, 0.3) is 0 Å². The summed E-state index contributed by atoms with van der Waals surface area (Å²) in [6.45, 7) is 2.34. The number of fused-ring (bicyclic) bond motifs is 1. The Morgan fingerprint density at radius 1 is 1.31 bits per heavy atom. The van der Waals surface area contributed by atoms with Gasteiger partial charge in [-0.15, -0.1) is 0 Å². The highest BCUT2D eigenvalue weighted by Crippen LogP contribution is 2.35. The number of benzene rings is 1. The summed E-state index contributed by atoms with van der Waals surface area (Å²) in [7, 11) is 0. The second kappa shape index (κ2) is 3.38. The zero-order chi connectivity index (χ0) is 9.31. The molecule has 0 radical (unpaired) electrons. The summed E-state index contributed by atoms with van der Waals surface area (Å²) < 4.78 is 0. The van der Waals surface area contributed by atoms with Gasteiger partial charge in [0.15, 0.2) is 0 Å². The lowest BCUT2D eigenvalue weighted by Crippen LogP contribution is -2.27. The molecule has 13 heavy (non-hydrogen) atoms. The van der Waals surface area contributed by atoms with Crippen molar-refractivity contribution in [2.24, 2.45) is 5.41 Å². The first-order valence-corrected chi connectivity index (χ1v) is 5.54. The second-order valence-corrected chi connectivity index (χ2v) is 4.73. The average molecular weight is 192 g/mol. The zero-order valence-corrected chi connectivity index (χ0v) is 8.98. The van der Waals surface area contributed by atoms with Crippen LogP contribution in [0, 0.1) is 5.41 Å². The lowest BCUT2D eigenvalue weighted by Gasteiger charge is -2.33. The van der Waals surface area contributed by atoms with Crippen LogP contribution in [0.2, 0.25) is 0 Å². The molecular formula is C12H16S. The van der Waals surface area contributed by atoms with Crippen LogP contribution in [0.4, 0.5) is 0 Å². The van der Waals surface area contributed by atoms with E-state index in [0.29, 0.717) is 5.41 Å². The molecule has 0 N–H and O–H groups in total. The molecule has 1 unspecified atom stereocenters. The van der Waals surface area contributed by atoms with Gasteiger partial charge in [0.2, 0.25) is 0 Å². The minimum Gasteiger partial charge on any atom is -0.179 e. The predicted molar refractivity (Wildman–Crippen MR) is 60.4 cm³/mol. The molecule has 1 heteroatoms. The van der Waals surface area contributed by atoms with Gasteiger partial charge in [0, 0.05) is 0 Å². The Balaban J connectivity index is 2.29. The molecule has 0 fully saturated rings. The Bertz CT molecular complexity index is 306. The number of hydrogen-bond acceptors (Lipinski definition) is 1. The van der Waals surface area contributed by atoms with E-state index in [0.717, 1.165) is 5.75 Å². The van der Waals surface area contributed by atoms with Crippen LogP contribution >= 0.6 is 12.6 Å². The van der Waals surface area contributed by atoms with Crippen LogP contribution in [-0.2, 0) is 12.8 Å². The molecule has 1 atom stereocenters. The van der Waals surface area contributed by atoms with Crippen molar-refractivity contribution in [3.05, 3.63) is 35.4 Å². The van der Waals surface area contributed by atoms with Crippen LogP contribution in [0.1, 0.15) is 24.5 Å². The van der Waals surface area contributed by atoms with E-state index in [4.69, 9.17) is 0 Å². The topological polar surface area (TPSA) is 0 Å². The van der Waals surface area contributed by atoms with Crippen LogP contribution < -0.4 is 0 Å². The molecule has 0 bridgehead atoms. The minimum atomic E-state index is 0.428. The van der Waals surface area contributed by atoms with E-state index < -0.39 is 0 Å². The Labute approximate surface area is 85.8 Å². The maximum atomic E-state index is 4.44. The van der Waals surface area contributed by atoms with Crippen LogP contribution in [0.15, 0.2) is 24.3 Å². The molecule has 0 amide bonds. The SMILES string of the molecule is CC1(CS)CCc2ccccc2C1. The van der Waals surface area contributed by atoms with Crippen molar-refractivity contribution in [3.63, 3.8) is 0 Å². The van der Waals surface area contributed by atoms with Gasteiger partial charge in [0.25, 0.3) is 0 Å². The summed E-state index contributed by atoms with van der Waals surface area (Å²) in [5, 5.41) is 0. The lowest BCUT2D eigenvalue weighted by molar-refractivity contribution is 0.324. The Kier molecular flexibility index (Phi) is 2.37. The Morgan fingerprint density at radius 3 is 2.69 bits per heavy atom. The minimum absolute atomic E-state index is 0.428. The van der Waals surface area contributed by atoms with Gasteiger partial charge in [-0.1, -0.05) is 31.2 Å². The summed E-state index contributed by atoms with van der Waals surface area (Å²) >= 11 is 4.44. The summed E-state index contributed by atoms with van der Waals surface area (Å²) in [6.07, 6.45) is 3.72. The molecule has 70 valence electrons. The fraction of sp³-hybridized carbons (Fsp3) is 0.500. The molecular weight excluding hydrogens is 176 g/mol. The van der Waals surface area contributed by atoms with Crippen molar-refractivity contribution in [2.45, 2.75) is 26.2 Å². The van der Waals surface area contributed by atoms with E-state index in [1.54, 1.807) is 5.56 Å². The number of rotatable bonds is 1.